The van der Waals surface area contributed by atoms with Crippen molar-refractivity contribution in [3.63, 3.8) is 0 Å². The Balaban J connectivity index is 2.13. The van der Waals surface area contributed by atoms with Crippen molar-refractivity contribution in [3.05, 3.63) is 0 Å². The fraction of sp³-hybridized carbons (Fsp3) is 0.917. The van der Waals surface area contributed by atoms with Crippen molar-refractivity contribution in [3.8, 4) is 0 Å². The van der Waals surface area contributed by atoms with E-state index in [0.717, 1.165) is 32.4 Å². The number of nitrogens with two attached hydrogens (primary N) is 1. The van der Waals surface area contributed by atoms with Crippen LogP contribution in [0, 0.1) is 5.41 Å². The van der Waals surface area contributed by atoms with E-state index in [0.29, 0.717) is 18.0 Å². The van der Waals surface area contributed by atoms with Gasteiger partial charge < -0.3 is 21.0 Å². The topological polar surface area (TPSA) is 79.9 Å². The molecule has 0 bridgehead atoms. The molecule has 1 aliphatic carbocycles. The summed E-state index contributed by atoms with van der Waals surface area (Å²) < 4.78 is 5.50. The lowest BCUT2D eigenvalue weighted by Gasteiger charge is -2.36. The van der Waals surface area contributed by atoms with Gasteiger partial charge in [0.05, 0.1) is 6.10 Å². The van der Waals surface area contributed by atoms with Gasteiger partial charge in [0.1, 0.15) is 5.84 Å². The first kappa shape index (κ1) is 14.3. The fourth-order valence-corrected chi connectivity index (χ4v) is 1.96. The van der Waals surface area contributed by atoms with Crippen molar-refractivity contribution < 1.29 is 9.94 Å². The summed E-state index contributed by atoms with van der Waals surface area (Å²) in [5.41, 5.74) is 5.37. The third kappa shape index (κ3) is 4.16. The second-order valence-electron chi connectivity index (χ2n) is 5.32. The summed E-state index contributed by atoms with van der Waals surface area (Å²) in [6.45, 7) is 7.67. The molecule has 0 aromatic heterocycles. The van der Waals surface area contributed by atoms with E-state index < -0.39 is 0 Å². The summed E-state index contributed by atoms with van der Waals surface area (Å²) in [5, 5.41) is 15.2. The molecule has 0 aromatic rings. The first-order valence-corrected chi connectivity index (χ1v) is 6.32. The van der Waals surface area contributed by atoms with Crippen molar-refractivity contribution >= 4 is 5.84 Å². The molecule has 17 heavy (non-hydrogen) atoms. The molecule has 4 N–H and O–H groups in total. The molecule has 5 nitrogen and oxygen atoms in total. The lowest BCUT2D eigenvalue weighted by Crippen LogP contribution is -2.46. The molecule has 0 aliphatic heterocycles. The monoisotopic (exact) mass is 243 g/mol. The van der Waals surface area contributed by atoms with Gasteiger partial charge in [0.2, 0.25) is 0 Å². The third-order valence-corrected chi connectivity index (χ3v) is 3.48. The Bertz CT molecular complexity index is 260. The van der Waals surface area contributed by atoms with Crippen LogP contribution in [0.15, 0.2) is 5.16 Å². The van der Waals surface area contributed by atoms with E-state index in [1.54, 1.807) is 0 Å². The molecule has 0 spiro atoms. The van der Waals surface area contributed by atoms with Crippen molar-refractivity contribution in [2.45, 2.75) is 52.2 Å². The highest BCUT2D eigenvalue weighted by Crippen LogP contribution is 2.24. The Labute approximate surface area is 103 Å². The minimum atomic E-state index is -0.259. The molecule has 1 aliphatic rings. The Morgan fingerprint density at radius 2 is 2.18 bits per heavy atom. The third-order valence-electron chi connectivity index (χ3n) is 3.48. The molecule has 1 rings (SSSR count). The molecule has 0 amide bonds. The number of hydrogen-bond donors (Lipinski definition) is 3. The molecule has 0 heterocycles. The van der Waals surface area contributed by atoms with Crippen LogP contribution in [-0.2, 0) is 4.74 Å². The molecular weight excluding hydrogens is 218 g/mol. The summed E-state index contributed by atoms with van der Waals surface area (Å²) in [7, 11) is 0. The van der Waals surface area contributed by atoms with Crippen molar-refractivity contribution in [1.29, 1.82) is 0 Å². The first-order chi connectivity index (χ1) is 7.99. The van der Waals surface area contributed by atoms with E-state index in [1.807, 2.05) is 20.8 Å². The van der Waals surface area contributed by atoms with Gasteiger partial charge in [0, 0.05) is 18.1 Å². The summed E-state index contributed by atoms with van der Waals surface area (Å²) in [4.78, 5) is 0. The number of amidine groups is 1. The van der Waals surface area contributed by atoms with Crippen LogP contribution >= 0.6 is 0 Å². The molecule has 0 atom stereocenters. The van der Waals surface area contributed by atoms with E-state index in [4.69, 9.17) is 15.7 Å². The molecule has 0 saturated heterocycles. The smallest absolute Gasteiger partial charge is 0.144 e. The highest BCUT2D eigenvalue weighted by molar-refractivity contribution is 5.85. The number of hydrogen-bond acceptors (Lipinski definition) is 4. The van der Waals surface area contributed by atoms with Crippen molar-refractivity contribution in [1.82, 2.24) is 5.32 Å². The number of ether oxygens (including phenoxy) is 1. The second kappa shape index (κ2) is 6.21. The van der Waals surface area contributed by atoms with Gasteiger partial charge in [-0.05, 0) is 32.7 Å². The van der Waals surface area contributed by atoms with Crippen LogP contribution in [0.2, 0.25) is 0 Å². The van der Waals surface area contributed by atoms with Crippen molar-refractivity contribution in [2.24, 2.45) is 16.3 Å². The molecular formula is C12H25N3O2. The predicted octanol–water partition coefficient (Wildman–Crippen LogP) is 1.31. The zero-order valence-electron chi connectivity index (χ0n) is 11.1. The highest BCUT2D eigenvalue weighted by atomic mass is 16.5. The van der Waals surface area contributed by atoms with Crippen LogP contribution in [0.1, 0.15) is 40.0 Å². The largest absolute Gasteiger partial charge is 0.409 e. The number of oxime groups is 1. The zero-order chi connectivity index (χ0) is 12.9. The van der Waals surface area contributed by atoms with Crippen LogP contribution in [0.25, 0.3) is 0 Å². The lowest BCUT2D eigenvalue weighted by molar-refractivity contribution is -0.0100. The Kier molecular flexibility index (Phi) is 5.21. The number of rotatable bonds is 7. The summed E-state index contributed by atoms with van der Waals surface area (Å²) in [6.07, 6.45) is 3.49. The quantitative estimate of drug-likeness (QED) is 0.272. The van der Waals surface area contributed by atoms with Gasteiger partial charge in [0.15, 0.2) is 0 Å². The maximum atomic E-state index is 8.66. The minimum Gasteiger partial charge on any atom is -0.409 e. The van der Waals surface area contributed by atoms with E-state index in [1.165, 1.54) is 0 Å². The Morgan fingerprint density at radius 3 is 2.71 bits per heavy atom. The van der Waals surface area contributed by atoms with Gasteiger partial charge in [-0.25, -0.2) is 0 Å². The van der Waals surface area contributed by atoms with E-state index >= 15 is 0 Å². The minimum absolute atomic E-state index is 0.259. The first-order valence-electron chi connectivity index (χ1n) is 6.32. The van der Waals surface area contributed by atoms with Crippen LogP contribution in [0.3, 0.4) is 0 Å². The van der Waals surface area contributed by atoms with Gasteiger partial charge in [-0.2, -0.15) is 0 Å². The van der Waals surface area contributed by atoms with Crippen LogP contribution < -0.4 is 11.1 Å². The SMILES string of the molecule is CCOC1CC(NCCC(C)(C)C(N)=NO)C1. The predicted molar refractivity (Wildman–Crippen MR) is 68.2 cm³/mol. The van der Waals surface area contributed by atoms with Gasteiger partial charge >= 0.3 is 0 Å². The van der Waals surface area contributed by atoms with Crippen LogP contribution in [-0.4, -0.2) is 36.3 Å². The summed E-state index contributed by atoms with van der Waals surface area (Å²) >= 11 is 0. The Morgan fingerprint density at radius 1 is 1.53 bits per heavy atom. The zero-order valence-corrected chi connectivity index (χ0v) is 11.1. The average molecular weight is 243 g/mol. The number of nitrogens with zero attached hydrogens (tertiary/aromatic N) is 1. The van der Waals surface area contributed by atoms with Gasteiger partial charge in [-0.1, -0.05) is 19.0 Å². The normalized spacial score (nSPS) is 25.7. The summed E-state index contributed by atoms with van der Waals surface area (Å²) in [6, 6.07) is 0.564. The van der Waals surface area contributed by atoms with E-state index in [9.17, 15) is 0 Å². The fourth-order valence-electron chi connectivity index (χ4n) is 1.96. The average Bonchev–Trinajstić information content (AvgIpc) is 2.24. The molecule has 1 fully saturated rings. The second-order valence-corrected chi connectivity index (χ2v) is 5.32. The highest BCUT2D eigenvalue weighted by Gasteiger charge is 2.30. The summed E-state index contributed by atoms with van der Waals surface area (Å²) in [5.74, 6) is 0.292. The standard InChI is InChI=1S/C12H25N3O2/c1-4-17-10-7-9(8-10)14-6-5-12(2,3)11(13)15-16/h9-10,14,16H,4-8H2,1-3H3,(H2,13,15). The molecule has 0 aromatic carbocycles. The maximum Gasteiger partial charge on any atom is 0.144 e. The van der Waals surface area contributed by atoms with Gasteiger partial charge in [0.25, 0.3) is 0 Å². The van der Waals surface area contributed by atoms with Gasteiger partial charge in [-0.15, -0.1) is 0 Å². The van der Waals surface area contributed by atoms with Crippen molar-refractivity contribution in [2.75, 3.05) is 13.2 Å². The van der Waals surface area contributed by atoms with E-state index in [2.05, 4.69) is 10.5 Å². The van der Waals surface area contributed by atoms with Gasteiger partial charge in [-0.3, -0.25) is 0 Å². The molecule has 5 heteroatoms. The van der Waals surface area contributed by atoms with Crippen LogP contribution in [0.4, 0.5) is 0 Å². The Hall–Kier alpha value is -0.810. The van der Waals surface area contributed by atoms with Crippen LogP contribution in [0.5, 0.6) is 0 Å². The molecule has 1 saturated carbocycles. The molecule has 0 unspecified atom stereocenters. The molecule has 0 radical (unpaired) electrons. The van der Waals surface area contributed by atoms with E-state index in [-0.39, 0.29) is 5.41 Å². The number of nitrogens with one attached hydrogen (secondary N) is 1. The molecule has 100 valence electrons. The maximum absolute atomic E-state index is 8.66. The lowest BCUT2D eigenvalue weighted by atomic mass is 9.86.